The van der Waals surface area contributed by atoms with E-state index in [1.165, 1.54) is 12.1 Å². The van der Waals surface area contributed by atoms with Crippen LogP contribution in [0.3, 0.4) is 0 Å². The van der Waals surface area contributed by atoms with E-state index in [0.717, 1.165) is 12.1 Å². The molecule has 0 saturated heterocycles. The van der Waals surface area contributed by atoms with Crippen LogP contribution >= 0.6 is 23.2 Å². The van der Waals surface area contributed by atoms with Crippen LogP contribution in [-0.4, -0.2) is 16.3 Å². The normalized spacial score (nSPS) is 13.9. The van der Waals surface area contributed by atoms with E-state index in [0.29, 0.717) is 5.56 Å². The molecule has 16 heavy (non-hydrogen) atoms. The van der Waals surface area contributed by atoms with Gasteiger partial charge in [-0.2, -0.15) is 0 Å². The SMILES string of the molecule is OC(c1ccc(OC(F)(F)F)cc1)C(Cl)Cl. The summed E-state index contributed by atoms with van der Waals surface area (Å²) in [7, 11) is 0. The first-order chi connectivity index (χ1) is 7.29. The molecule has 0 spiro atoms. The van der Waals surface area contributed by atoms with Crippen LogP contribution in [0.5, 0.6) is 5.75 Å². The molecular formula is C9H7Cl2F3O2. The predicted octanol–water partition coefficient (Wildman–Crippen LogP) is 3.42. The minimum Gasteiger partial charge on any atom is -0.406 e. The minimum absolute atomic E-state index is 0.310. The van der Waals surface area contributed by atoms with Crippen LogP contribution in [0, 0.1) is 0 Å². The van der Waals surface area contributed by atoms with Crippen molar-refractivity contribution in [3.8, 4) is 5.75 Å². The Morgan fingerprint density at radius 1 is 1.12 bits per heavy atom. The van der Waals surface area contributed by atoms with Gasteiger partial charge in [0.2, 0.25) is 0 Å². The molecule has 0 bridgehead atoms. The van der Waals surface area contributed by atoms with Gasteiger partial charge in [-0.05, 0) is 17.7 Å². The van der Waals surface area contributed by atoms with Crippen LogP contribution in [0.2, 0.25) is 0 Å². The van der Waals surface area contributed by atoms with Crippen molar-refractivity contribution in [3.63, 3.8) is 0 Å². The Hall–Kier alpha value is -0.650. The van der Waals surface area contributed by atoms with Crippen molar-refractivity contribution in [2.75, 3.05) is 0 Å². The van der Waals surface area contributed by atoms with Crippen molar-refractivity contribution >= 4 is 23.2 Å². The molecule has 1 N–H and O–H groups in total. The molecule has 0 saturated carbocycles. The summed E-state index contributed by atoms with van der Waals surface area (Å²) in [6, 6.07) is 4.65. The third-order valence-corrected chi connectivity index (χ3v) is 2.17. The lowest BCUT2D eigenvalue weighted by atomic mass is 10.1. The van der Waals surface area contributed by atoms with Crippen molar-refractivity contribution in [1.82, 2.24) is 0 Å². The first-order valence-electron chi connectivity index (χ1n) is 4.11. The minimum atomic E-state index is -4.73. The van der Waals surface area contributed by atoms with E-state index in [1.54, 1.807) is 0 Å². The highest BCUT2D eigenvalue weighted by atomic mass is 35.5. The molecule has 0 aliphatic rings. The molecule has 1 unspecified atom stereocenters. The Bertz CT molecular complexity index is 338. The second kappa shape index (κ2) is 5.12. The lowest BCUT2D eigenvalue weighted by molar-refractivity contribution is -0.274. The van der Waals surface area contributed by atoms with E-state index in [1.807, 2.05) is 0 Å². The van der Waals surface area contributed by atoms with Crippen LogP contribution in [0.25, 0.3) is 0 Å². The molecule has 2 nitrogen and oxygen atoms in total. The van der Waals surface area contributed by atoms with Gasteiger partial charge in [0.1, 0.15) is 16.7 Å². The van der Waals surface area contributed by atoms with Crippen molar-refractivity contribution in [1.29, 1.82) is 0 Å². The summed E-state index contributed by atoms with van der Waals surface area (Å²) in [4.78, 5) is -1.05. The molecule has 0 aliphatic heterocycles. The zero-order valence-corrected chi connectivity index (χ0v) is 9.22. The third-order valence-electron chi connectivity index (χ3n) is 1.69. The highest BCUT2D eigenvalue weighted by molar-refractivity contribution is 6.44. The van der Waals surface area contributed by atoms with E-state index in [-0.39, 0.29) is 5.75 Å². The zero-order valence-electron chi connectivity index (χ0n) is 7.71. The summed E-state index contributed by atoms with van der Waals surface area (Å²) in [5, 5.41) is 9.39. The van der Waals surface area contributed by atoms with Crippen LogP contribution in [-0.2, 0) is 0 Å². The lowest BCUT2D eigenvalue weighted by Gasteiger charge is -2.13. The number of hydrogen-bond acceptors (Lipinski definition) is 2. The molecule has 1 aromatic carbocycles. The second-order valence-electron chi connectivity index (χ2n) is 2.90. The standard InChI is InChI=1S/C9H7Cl2F3O2/c10-8(11)7(15)5-1-3-6(4-2-5)16-9(12,13)14/h1-4,7-8,15H. The summed E-state index contributed by atoms with van der Waals surface area (Å²) in [5.41, 5.74) is 0.310. The fourth-order valence-electron chi connectivity index (χ4n) is 1.01. The fraction of sp³-hybridized carbons (Fsp3) is 0.333. The topological polar surface area (TPSA) is 29.5 Å². The van der Waals surface area contributed by atoms with E-state index in [4.69, 9.17) is 23.2 Å². The van der Waals surface area contributed by atoms with Crippen molar-refractivity contribution in [2.45, 2.75) is 17.3 Å². The first-order valence-corrected chi connectivity index (χ1v) is 4.99. The summed E-state index contributed by atoms with van der Waals surface area (Å²) in [6.07, 6.45) is -5.88. The maximum atomic E-state index is 11.8. The number of benzene rings is 1. The summed E-state index contributed by atoms with van der Waals surface area (Å²) < 4.78 is 39.1. The van der Waals surface area contributed by atoms with Gasteiger partial charge in [0.15, 0.2) is 0 Å². The van der Waals surface area contributed by atoms with Gasteiger partial charge in [-0.25, -0.2) is 0 Å². The largest absolute Gasteiger partial charge is 0.573 e. The van der Waals surface area contributed by atoms with Crippen molar-refractivity contribution < 1.29 is 23.0 Å². The molecule has 0 amide bonds. The predicted molar refractivity (Wildman–Crippen MR) is 53.6 cm³/mol. The van der Waals surface area contributed by atoms with Gasteiger partial charge >= 0.3 is 6.36 Å². The van der Waals surface area contributed by atoms with Gasteiger partial charge in [0, 0.05) is 0 Å². The smallest absolute Gasteiger partial charge is 0.406 e. The second-order valence-corrected chi connectivity index (χ2v) is 4.06. The van der Waals surface area contributed by atoms with Crippen molar-refractivity contribution in [2.24, 2.45) is 0 Å². The van der Waals surface area contributed by atoms with E-state index < -0.39 is 17.3 Å². The highest BCUT2D eigenvalue weighted by Gasteiger charge is 2.31. The van der Waals surface area contributed by atoms with Crippen molar-refractivity contribution in [3.05, 3.63) is 29.8 Å². The third kappa shape index (κ3) is 4.08. The van der Waals surface area contributed by atoms with Crippen LogP contribution in [0.1, 0.15) is 11.7 Å². The number of ether oxygens (including phenoxy) is 1. The molecular weight excluding hydrogens is 268 g/mol. The summed E-state index contributed by atoms with van der Waals surface area (Å²) in [6.45, 7) is 0. The summed E-state index contributed by atoms with van der Waals surface area (Å²) >= 11 is 10.8. The molecule has 7 heteroatoms. The van der Waals surface area contributed by atoms with Gasteiger partial charge in [-0.3, -0.25) is 0 Å². The molecule has 0 fully saturated rings. The Balaban J connectivity index is 2.76. The molecule has 0 aromatic heterocycles. The van der Waals surface area contributed by atoms with Crippen LogP contribution < -0.4 is 4.74 Å². The number of aliphatic hydroxyl groups is 1. The number of aliphatic hydroxyl groups excluding tert-OH is 1. The van der Waals surface area contributed by atoms with Gasteiger partial charge < -0.3 is 9.84 Å². The average Bonchev–Trinajstić information content (AvgIpc) is 2.15. The zero-order chi connectivity index (χ0) is 12.3. The van der Waals surface area contributed by atoms with Gasteiger partial charge in [0.05, 0.1) is 0 Å². The lowest BCUT2D eigenvalue weighted by Crippen LogP contribution is -2.17. The molecule has 1 atom stereocenters. The molecule has 0 radical (unpaired) electrons. The average molecular weight is 275 g/mol. The Kier molecular flexibility index (Phi) is 4.29. The first kappa shape index (κ1) is 13.4. The van der Waals surface area contributed by atoms with E-state index in [2.05, 4.69) is 4.74 Å². The molecule has 0 heterocycles. The maximum Gasteiger partial charge on any atom is 0.573 e. The summed E-state index contributed by atoms with van der Waals surface area (Å²) in [5.74, 6) is -0.371. The van der Waals surface area contributed by atoms with Crippen LogP contribution in [0.15, 0.2) is 24.3 Å². The Labute approximate surface area is 99.5 Å². The molecule has 90 valence electrons. The fourth-order valence-corrected chi connectivity index (χ4v) is 1.30. The maximum absolute atomic E-state index is 11.8. The number of hydrogen-bond donors (Lipinski definition) is 1. The Morgan fingerprint density at radius 2 is 1.62 bits per heavy atom. The van der Waals surface area contributed by atoms with E-state index >= 15 is 0 Å². The number of alkyl halides is 5. The Morgan fingerprint density at radius 3 is 2.00 bits per heavy atom. The molecule has 1 rings (SSSR count). The monoisotopic (exact) mass is 274 g/mol. The van der Waals surface area contributed by atoms with Crippen LogP contribution in [0.4, 0.5) is 13.2 Å². The molecule has 1 aromatic rings. The quantitative estimate of drug-likeness (QED) is 0.856. The number of rotatable bonds is 3. The van der Waals surface area contributed by atoms with Gasteiger partial charge in [0.25, 0.3) is 0 Å². The number of halogens is 5. The van der Waals surface area contributed by atoms with Gasteiger partial charge in [-0.1, -0.05) is 12.1 Å². The highest BCUT2D eigenvalue weighted by Crippen LogP contribution is 2.27. The molecule has 0 aliphatic carbocycles. The van der Waals surface area contributed by atoms with E-state index in [9.17, 15) is 18.3 Å². The van der Waals surface area contributed by atoms with Gasteiger partial charge in [-0.15, -0.1) is 36.4 Å².